The maximum Gasteiger partial charge on any atom is 0.517 e. The molecule has 0 fully saturated rings. The first-order valence-corrected chi connectivity index (χ1v) is 3.06. The van der Waals surface area contributed by atoms with Crippen molar-refractivity contribution < 1.29 is 9.26 Å². The maximum atomic E-state index is 9.76. The van der Waals surface area contributed by atoms with E-state index in [1.807, 2.05) is 0 Å². The largest absolute Gasteiger partial charge is 0.539 e. The molecule has 3 nitrogen and oxygen atoms in total. The Morgan fingerprint density at radius 1 is 2.00 bits per heavy atom. The van der Waals surface area contributed by atoms with Crippen LogP contribution in [0.4, 0.5) is 0 Å². The molecule has 0 radical (unpaired) electrons. The van der Waals surface area contributed by atoms with Gasteiger partial charge in [0, 0.05) is 0 Å². The van der Waals surface area contributed by atoms with E-state index in [0.29, 0.717) is 0 Å². The molecule has 0 spiro atoms. The molecule has 0 aliphatic carbocycles. The van der Waals surface area contributed by atoms with E-state index in [9.17, 15) is 4.46 Å². The summed E-state index contributed by atoms with van der Waals surface area (Å²) in [5.74, 6) is 0. The fourth-order valence-electron chi connectivity index (χ4n) is 0. The van der Waals surface area contributed by atoms with Crippen LogP contribution in [0.25, 0.3) is 0 Å². The van der Waals surface area contributed by atoms with Crippen LogP contribution in [0, 0.1) is 0 Å². The van der Waals surface area contributed by atoms with Gasteiger partial charge >= 0.3 is 8.93 Å². The highest BCUT2D eigenvalue weighted by molar-refractivity contribution is 6.35. The van der Waals surface area contributed by atoms with E-state index >= 15 is 0 Å². The van der Waals surface area contributed by atoms with Crippen LogP contribution in [0.1, 0.15) is 6.92 Å². The van der Waals surface area contributed by atoms with Crippen LogP contribution in [-0.2, 0) is 4.46 Å². The van der Waals surface area contributed by atoms with Crippen LogP contribution in [0.2, 0.25) is 0 Å². The molecule has 1 unspecified atom stereocenters. The van der Waals surface area contributed by atoms with Crippen molar-refractivity contribution in [2.45, 2.75) is 12.6 Å². The highest BCUT2D eigenvalue weighted by Gasteiger charge is 2.05. The molecule has 0 aromatic heterocycles. The zero-order valence-corrected chi connectivity index (χ0v) is 4.51. The van der Waals surface area contributed by atoms with Gasteiger partial charge in [0.05, 0.1) is 5.67 Å². The predicted molar refractivity (Wildman–Crippen MR) is 22.3 cm³/mol. The van der Waals surface area contributed by atoms with Gasteiger partial charge in [-0.1, -0.05) is 0 Å². The van der Waals surface area contributed by atoms with E-state index in [0.717, 1.165) is 0 Å². The zero-order valence-electron chi connectivity index (χ0n) is 3.51. The Morgan fingerprint density at radius 3 is 2.17 bits per heavy atom. The van der Waals surface area contributed by atoms with Crippen molar-refractivity contribution in [2.24, 2.45) is 5.73 Å². The lowest BCUT2D eigenvalue weighted by Gasteiger charge is -1.87. The van der Waals surface area contributed by atoms with Crippen LogP contribution in [0.15, 0.2) is 0 Å². The molecule has 0 aromatic carbocycles. The van der Waals surface area contributed by atoms with Crippen molar-refractivity contribution >= 4 is 8.93 Å². The summed E-state index contributed by atoms with van der Waals surface area (Å²) >= 11 is 0. The third-order valence-corrected chi connectivity index (χ3v) is 1.17. The van der Waals surface area contributed by atoms with Crippen molar-refractivity contribution in [3.8, 4) is 0 Å². The third kappa shape index (κ3) is 2.04. The van der Waals surface area contributed by atoms with Gasteiger partial charge in [-0.25, -0.2) is 0 Å². The standard InChI is InChI=1S/C2H7NO2Si/c1-2(3)6(4)5/h2,4H,3H2,1H3. The van der Waals surface area contributed by atoms with Crippen LogP contribution >= 0.6 is 0 Å². The van der Waals surface area contributed by atoms with Gasteiger partial charge in [0.2, 0.25) is 0 Å². The second kappa shape index (κ2) is 2.04. The van der Waals surface area contributed by atoms with Gasteiger partial charge in [-0.3, -0.25) is 0 Å². The zero-order chi connectivity index (χ0) is 5.15. The normalized spacial score (nSPS) is 13.7. The molecule has 4 heteroatoms. The third-order valence-electron chi connectivity index (χ3n) is 0.390. The van der Waals surface area contributed by atoms with Crippen molar-refractivity contribution in [1.82, 2.24) is 0 Å². The minimum atomic E-state index is -2.42. The van der Waals surface area contributed by atoms with E-state index < -0.39 is 14.6 Å². The van der Waals surface area contributed by atoms with Gasteiger partial charge in [0.1, 0.15) is 0 Å². The molecule has 0 aliphatic rings. The predicted octanol–water partition coefficient (Wildman–Crippen LogP) is -1.22. The van der Waals surface area contributed by atoms with Gasteiger partial charge < -0.3 is 15.0 Å². The average Bonchev–Trinajstić information content (AvgIpc) is 1.36. The molecule has 0 amide bonds. The molecule has 0 saturated heterocycles. The lowest BCUT2D eigenvalue weighted by molar-refractivity contribution is 0.434. The summed E-state index contributed by atoms with van der Waals surface area (Å²) < 4.78 is 9.76. The van der Waals surface area contributed by atoms with E-state index in [-0.39, 0.29) is 0 Å². The van der Waals surface area contributed by atoms with Crippen molar-refractivity contribution in [3.05, 3.63) is 0 Å². The van der Waals surface area contributed by atoms with Gasteiger partial charge in [0.15, 0.2) is 0 Å². The quantitative estimate of drug-likeness (QED) is 0.411. The highest BCUT2D eigenvalue weighted by atomic mass is 28.3. The van der Waals surface area contributed by atoms with Crippen LogP contribution in [-0.4, -0.2) is 19.4 Å². The molecule has 0 aromatic rings. The molecule has 3 N–H and O–H groups in total. The SMILES string of the molecule is CC(N)[Si](=O)O. The second-order valence-electron chi connectivity index (χ2n) is 1.13. The number of hydrogen-bond acceptors (Lipinski definition) is 2. The number of nitrogens with two attached hydrogens (primary N) is 1. The van der Waals surface area contributed by atoms with Crippen LogP contribution in [0.5, 0.6) is 0 Å². The number of hydrogen-bond donors (Lipinski definition) is 2. The van der Waals surface area contributed by atoms with E-state index in [1.54, 1.807) is 0 Å². The smallest absolute Gasteiger partial charge is 0.517 e. The van der Waals surface area contributed by atoms with Crippen LogP contribution < -0.4 is 5.73 Å². The monoisotopic (exact) mass is 105 g/mol. The minimum absolute atomic E-state index is 0.546. The Hall–Kier alpha value is -0.223. The summed E-state index contributed by atoms with van der Waals surface area (Å²) in [6, 6.07) is 0. The summed E-state index contributed by atoms with van der Waals surface area (Å²) in [6.45, 7) is 1.50. The van der Waals surface area contributed by atoms with Crippen molar-refractivity contribution in [2.75, 3.05) is 0 Å². The summed E-state index contributed by atoms with van der Waals surface area (Å²) in [7, 11) is -2.42. The summed E-state index contributed by atoms with van der Waals surface area (Å²) in [5.41, 5.74) is 4.37. The molecule has 0 saturated carbocycles. The Kier molecular flexibility index (Phi) is 1.97. The molecule has 0 bridgehead atoms. The van der Waals surface area contributed by atoms with Gasteiger partial charge in [-0.05, 0) is 6.92 Å². The molecule has 1 atom stereocenters. The minimum Gasteiger partial charge on any atom is -0.539 e. The van der Waals surface area contributed by atoms with Crippen molar-refractivity contribution in [1.29, 1.82) is 0 Å². The summed E-state index contributed by atoms with van der Waals surface area (Å²) in [6.07, 6.45) is 0. The highest BCUT2D eigenvalue weighted by Crippen LogP contribution is 1.65. The molecule has 0 rings (SSSR count). The first-order chi connectivity index (χ1) is 2.64. The van der Waals surface area contributed by atoms with Gasteiger partial charge in [0.25, 0.3) is 0 Å². The average molecular weight is 105 g/mol. The Morgan fingerprint density at radius 2 is 2.17 bits per heavy atom. The Labute approximate surface area is 37.6 Å². The first-order valence-electron chi connectivity index (χ1n) is 1.63. The Bertz CT molecular complexity index is 62.6. The lowest BCUT2D eigenvalue weighted by atomic mass is 10.8. The van der Waals surface area contributed by atoms with Crippen molar-refractivity contribution in [3.63, 3.8) is 0 Å². The number of rotatable bonds is 1. The van der Waals surface area contributed by atoms with E-state index in [4.69, 9.17) is 10.5 Å². The molecule has 6 heavy (non-hydrogen) atoms. The Balaban J connectivity index is 3.26. The fraction of sp³-hybridized carbons (Fsp3) is 1.00. The molecular weight excluding hydrogens is 98.1 g/mol. The second-order valence-corrected chi connectivity index (χ2v) is 2.71. The lowest BCUT2D eigenvalue weighted by Crippen LogP contribution is -2.27. The maximum absolute atomic E-state index is 9.76. The molecule has 0 aliphatic heterocycles. The molecule has 0 heterocycles. The molecular formula is C2H7NO2Si. The topological polar surface area (TPSA) is 63.3 Å². The summed E-state index contributed by atoms with van der Waals surface area (Å²) in [4.78, 5) is 8.05. The van der Waals surface area contributed by atoms with Crippen LogP contribution in [0.3, 0.4) is 0 Å². The molecule has 36 valence electrons. The van der Waals surface area contributed by atoms with E-state index in [1.165, 1.54) is 6.92 Å². The van der Waals surface area contributed by atoms with Gasteiger partial charge in [-0.2, -0.15) is 0 Å². The summed E-state index contributed by atoms with van der Waals surface area (Å²) in [5, 5.41) is 0. The first kappa shape index (κ1) is 5.78. The fourth-order valence-corrected chi connectivity index (χ4v) is 0. The van der Waals surface area contributed by atoms with Gasteiger partial charge in [-0.15, -0.1) is 0 Å². The van der Waals surface area contributed by atoms with E-state index in [2.05, 4.69) is 0 Å².